The van der Waals surface area contributed by atoms with Gasteiger partial charge in [0.1, 0.15) is 24.4 Å². The number of rotatable bonds is 41. The number of amides is 1. The lowest BCUT2D eigenvalue weighted by Crippen LogP contribution is -2.58. The molecule has 9 nitrogen and oxygen atoms in total. The van der Waals surface area contributed by atoms with Gasteiger partial charge in [0.25, 0.3) is 0 Å². The molecule has 0 unspecified atom stereocenters. The minimum atomic E-state index is -1.49. The van der Waals surface area contributed by atoms with Crippen LogP contribution in [0.15, 0.2) is 0 Å². The summed E-state index contributed by atoms with van der Waals surface area (Å²) < 4.78 is 11.3. The Morgan fingerprint density at radius 1 is 0.526 bits per heavy atom. The summed E-state index contributed by atoms with van der Waals surface area (Å²) in [6, 6.07) is -0.921. The minimum absolute atomic E-state index is 0.216. The molecule has 57 heavy (non-hydrogen) atoms. The third kappa shape index (κ3) is 29.1. The summed E-state index contributed by atoms with van der Waals surface area (Å²) in [6.07, 6.45) is 34.2. The normalized spacial score (nSPS) is 21.4. The van der Waals surface area contributed by atoms with Crippen LogP contribution in [0.3, 0.4) is 0 Å². The highest BCUT2D eigenvalue weighted by molar-refractivity contribution is 5.76. The molecule has 0 spiro atoms. The molecule has 1 rings (SSSR count). The van der Waals surface area contributed by atoms with Crippen LogP contribution in [0, 0.1) is 0 Å². The van der Waals surface area contributed by atoms with Crippen LogP contribution in [0.25, 0.3) is 0 Å². The van der Waals surface area contributed by atoms with Gasteiger partial charge in [0, 0.05) is 6.42 Å². The van der Waals surface area contributed by atoms with E-state index in [2.05, 4.69) is 19.2 Å². The maximum absolute atomic E-state index is 13.0. The number of ether oxygens (including phenoxy) is 2. The highest BCUT2D eigenvalue weighted by Crippen LogP contribution is 2.23. The van der Waals surface area contributed by atoms with E-state index in [4.69, 9.17) is 9.47 Å². The van der Waals surface area contributed by atoms with Gasteiger partial charge in [0.05, 0.1) is 24.9 Å². The largest absolute Gasteiger partial charge is 0.390 e. The first-order valence-corrected chi connectivity index (χ1v) is 24.7. The average Bonchev–Trinajstić information content (AvgIpc) is 3.20. The molecule has 0 saturated carbocycles. The van der Waals surface area contributed by atoms with Crippen LogP contribution in [-0.4, -0.2) is 87.0 Å². The van der Waals surface area contributed by atoms with Gasteiger partial charge in [-0.25, -0.2) is 0 Å². The fourth-order valence-electron chi connectivity index (χ4n) is 8.21. The number of hydrogen-bond donors (Lipinski definition) is 6. The Kier molecular flexibility index (Phi) is 36.3. The second kappa shape index (κ2) is 38.1. The fraction of sp³-hybridized carbons (Fsp3) is 0.979. The zero-order valence-electron chi connectivity index (χ0n) is 37.5. The molecule has 8 atom stereocenters. The third-order valence-corrected chi connectivity index (χ3v) is 12.3. The van der Waals surface area contributed by atoms with E-state index in [1.54, 1.807) is 6.92 Å². The van der Waals surface area contributed by atoms with Gasteiger partial charge in [0.2, 0.25) is 5.91 Å². The van der Waals surface area contributed by atoms with Gasteiger partial charge in [-0.3, -0.25) is 4.79 Å². The predicted molar refractivity (Wildman–Crippen MR) is 235 cm³/mol. The molecule has 1 fully saturated rings. The summed E-state index contributed by atoms with van der Waals surface area (Å²) in [4.78, 5) is 13.0. The first-order valence-electron chi connectivity index (χ1n) is 24.7. The Morgan fingerprint density at radius 3 is 1.26 bits per heavy atom. The fourth-order valence-corrected chi connectivity index (χ4v) is 8.21. The van der Waals surface area contributed by atoms with Gasteiger partial charge in [0.15, 0.2) is 6.29 Å². The molecule has 0 aromatic heterocycles. The molecule has 340 valence electrons. The van der Waals surface area contributed by atoms with Crippen LogP contribution in [0.5, 0.6) is 0 Å². The standard InChI is InChI=1S/C48H95NO8/c1-4-6-8-10-12-14-16-18-19-20-21-22-23-24-25-26-28-30-32-34-36-38-43(51)49-41(39-56-48-47(55)46(54)44(52)40(3)57-48)45(53)42(50)37-35-33-31-29-27-17-15-13-11-9-7-5-2/h40-42,44-48,50,52-55H,4-39H2,1-3H3,(H,49,51)/t40-,41-,42+,44+,45-,46-,47-,48+/m0/s1. The van der Waals surface area contributed by atoms with E-state index in [1.165, 1.54) is 173 Å². The van der Waals surface area contributed by atoms with Crippen molar-refractivity contribution in [3.63, 3.8) is 0 Å². The first-order chi connectivity index (χ1) is 27.7. The lowest BCUT2D eigenvalue weighted by atomic mass is 9.98. The Hall–Kier alpha value is -0.810. The van der Waals surface area contributed by atoms with Crippen LogP contribution < -0.4 is 5.32 Å². The van der Waals surface area contributed by atoms with E-state index in [0.717, 1.165) is 38.5 Å². The molecule has 0 radical (unpaired) electrons. The number of hydrogen-bond acceptors (Lipinski definition) is 8. The topological polar surface area (TPSA) is 149 Å². The van der Waals surface area contributed by atoms with Crippen molar-refractivity contribution >= 4 is 5.91 Å². The highest BCUT2D eigenvalue weighted by Gasteiger charge is 2.43. The Labute approximate surface area is 351 Å². The molecule has 0 aliphatic carbocycles. The van der Waals surface area contributed by atoms with Gasteiger partial charge in [-0.1, -0.05) is 219 Å². The van der Waals surface area contributed by atoms with E-state index in [-0.39, 0.29) is 12.5 Å². The van der Waals surface area contributed by atoms with Crippen molar-refractivity contribution in [3.05, 3.63) is 0 Å². The molecular weight excluding hydrogens is 719 g/mol. The van der Waals surface area contributed by atoms with Gasteiger partial charge in [-0.05, 0) is 19.8 Å². The summed E-state index contributed by atoms with van der Waals surface area (Å²) in [7, 11) is 0. The summed E-state index contributed by atoms with van der Waals surface area (Å²) in [6.45, 7) is 5.88. The lowest BCUT2D eigenvalue weighted by molar-refractivity contribution is -0.295. The monoisotopic (exact) mass is 814 g/mol. The number of unbranched alkanes of at least 4 members (excludes halogenated alkanes) is 31. The Balaban J connectivity index is 2.26. The van der Waals surface area contributed by atoms with Crippen molar-refractivity contribution in [2.45, 2.75) is 294 Å². The molecule has 0 aromatic carbocycles. The molecule has 9 heteroatoms. The highest BCUT2D eigenvalue weighted by atomic mass is 16.7. The van der Waals surface area contributed by atoms with Crippen LogP contribution in [0.4, 0.5) is 0 Å². The molecule has 1 heterocycles. The van der Waals surface area contributed by atoms with E-state index in [9.17, 15) is 30.3 Å². The van der Waals surface area contributed by atoms with E-state index in [1.807, 2.05) is 0 Å². The maximum atomic E-state index is 13.0. The SMILES string of the molecule is CCCCCCCCCCCCCCCCCCCCCCCC(=O)N[C@@H](CO[C@@H]1O[C@@H](C)[C@@H](O)[C@H](O)[C@@H]1O)[C@H](O)[C@H](O)CCCCCCCCCCCCCC. The van der Waals surface area contributed by atoms with E-state index < -0.39 is 49.0 Å². The average molecular weight is 814 g/mol. The van der Waals surface area contributed by atoms with Gasteiger partial charge < -0.3 is 40.3 Å². The zero-order chi connectivity index (χ0) is 41.8. The second-order valence-corrected chi connectivity index (χ2v) is 17.7. The predicted octanol–water partition coefficient (Wildman–Crippen LogP) is 10.7. The van der Waals surface area contributed by atoms with Gasteiger partial charge >= 0.3 is 0 Å². The van der Waals surface area contributed by atoms with Crippen LogP contribution in [0.2, 0.25) is 0 Å². The molecule has 6 N–H and O–H groups in total. The number of carbonyl (C=O) groups is 1. The number of aliphatic hydroxyl groups is 5. The maximum Gasteiger partial charge on any atom is 0.220 e. The molecule has 1 aliphatic rings. The van der Waals surface area contributed by atoms with Crippen molar-refractivity contribution in [2.24, 2.45) is 0 Å². The molecule has 1 aliphatic heterocycles. The lowest BCUT2D eigenvalue weighted by Gasteiger charge is -2.39. The van der Waals surface area contributed by atoms with Crippen LogP contribution in [0.1, 0.15) is 245 Å². The number of aliphatic hydroxyl groups excluding tert-OH is 5. The molecule has 1 amide bonds. The zero-order valence-corrected chi connectivity index (χ0v) is 37.5. The number of nitrogens with one attached hydrogen (secondary N) is 1. The summed E-state index contributed by atoms with van der Waals surface area (Å²) in [5.41, 5.74) is 0. The van der Waals surface area contributed by atoms with E-state index in [0.29, 0.717) is 12.8 Å². The first kappa shape index (κ1) is 54.2. The third-order valence-electron chi connectivity index (χ3n) is 12.3. The van der Waals surface area contributed by atoms with Crippen LogP contribution in [-0.2, 0) is 14.3 Å². The van der Waals surface area contributed by atoms with Crippen molar-refractivity contribution in [2.75, 3.05) is 6.61 Å². The summed E-state index contributed by atoms with van der Waals surface area (Å²) in [5, 5.41) is 55.6. The quantitative estimate of drug-likeness (QED) is 0.0334. The Bertz CT molecular complexity index is 879. The van der Waals surface area contributed by atoms with Gasteiger partial charge in [-0.15, -0.1) is 0 Å². The Morgan fingerprint density at radius 2 is 0.877 bits per heavy atom. The van der Waals surface area contributed by atoms with Gasteiger partial charge in [-0.2, -0.15) is 0 Å². The van der Waals surface area contributed by atoms with Crippen LogP contribution >= 0.6 is 0 Å². The van der Waals surface area contributed by atoms with Crippen molar-refractivity contribution in [1.82, 2.24) is 5.32 Å². The number of carbonyl (C=O) groups excluding carboxylic acids is 1. The minimum Gasteiger partial charge on any atom is -0.390 e. The summed E-state index contributed by atoms with van der Waals surface area (Å²) in [5.74, 6) is -0.216. The smallest absolute Gasteiger partial charge is 0.220 e. The molecule has 1 saturated heterocycles. The summed E-state index contributed by atoms with van der Waals surface area (Å²) >= 11 is 0. The molecule has 0 bridgehead atoms. The second-order valence-electron chi connectivity index (χ2n) is 17.7. The van der Waals surface area contributed by atoms with Crippen molar-refractivity contribution in [3.8, 4) is 0 Å². The van der Waals surface area contributed by atoms with Crippen molar-refractivity contribution in [1.29, 1.82) is 0 Å². The molecule has 0 aromatic rings. The molecular formula is C48H95NO8. The van der Waals surface area contributed by atoms with E-state index >= 15 is 0 Å². The van der Waals surface area contributed by atoms with Crippen molar-refractivity contribution < 1.29 is 39.8 Å².